The minimum atomic E-state index is -1.84. The van der Waals surface area contributed by atoms with Crippen LogP contribution in [-0.4, -0.2) is 149 Å². The van der Waals surface area contributed by atoms with E-state index in [0.29, 0.717) is 12.8 Å². The highest BCUT2D eigenvalue weighted by Crippen LogP contribution is 2.17. The molecule has 10 amide bonds. The van der Waals surface area contributed by atoms with Crippen LogP contribution in [0.1, 0.15) is 155 Å². The molecule has 0 aliphatic rings. The van der Waals surface area contributed by atoms with E-state index >= 15 is 0 Å². The van der Waals surface area contributed by atoms with Crippen molar-refractivity contribution in [2.75, 3.05) is 13.7 Å². The highest BCUT2D eigenvalue weighted by atomic mass is 16.6. The molecule has 0 saturated carbocycles. The number of benzene rings is 1. The number of methoxy groups -OCH3 is 1. The zero-order valence-corrected chi connectivity index (χ0v) is 51.0. The summed E-state index contributed by atoms with van der Waals surface area (Å²) in [4.78, 5) is 162. The summed E-state index contributed by atoms with van der Waals surface area (Å²) in [6.45, 7) is 29.0. The van der Waals surface area contributed by atoms with E-state index in [1.54, 1.807) is 94.4 Å². The first-order valence-corrected chi connectivity index (χ1v) is 27.3. The number of carbonyl (C=O) groups excluding carboxylic acids is 12. The molecule has 0 spiro atoms. The third kappa shape index (κ3) is 23.0. The Bertz CT molecular complexity index is 2400. The highest BCUT2D eigenvalue weighted by molar-refractivity contribution is 6.00. The van der Waals surface area contributed by atoms with Crippen LogP contribution >= 0.6 is 0 Å². The SMILES string of the molecule is CC[C@H](C)[C@H](NC(=O)C(C)(C)NC(=O)[C@@H](NC(=O)CNC(=O)OC(C)(C)C)C(C)C)C(=O)N[C@@H](C)C(=O)N[C@H](C(=O)NC(C)(C)C(=O)N[C@H](C(=O)N[C@H](C(=O)NC(C)(C)C(=O)OC)C(C)C)[C@@H](C)CC)[C@@H](C)OC(=O)c1ccccc1. The fraction of sp³-hybridized carbons (Fsp3) is 0.679. The van der Waals surface area contributed by atoms with E-state index in [1.165, 1.54) is 74.6 Å². The summed E-state index contributed by atoms with van der Waals surface area (Å²) in [5.41, 5.74) is -5.66. The Balaban J connectivity index is 3.44. The molecule has 1 aromatic carbocycles. The van der Waals surface area contributed by atoms with Crippen molar-refractivity contribution in [2.24, 2.45) is 23.7 Å². The minimum Gasteiger partial charge on any atom is -0.467 e. The van der Waals surface area contributed by atoms with Crippen LogP contribution in [0.2, 0.25) is 0 Å². The van der Waals surface area contributed by atoms with Crippen LogP contribution in [0.3, 0.4) is 0 Å². The molecular formula is C56H92N10O15. The summed E-state index contributed by atoms with van der Waals surface area (Å²) in [6.07, 6.45) is -1.52. The molecule has 0 saturated heterocycles. The fourth-order valence-corrected chi connectivity index (χ4v) is 7.55. The van der Waals surface area contributed by atoms with Crippen LogP contribution < -0.4 is 53.2 Å². The Morgan fingerprint density at radius 2 is 0.889 bits per heavy atom. The Morgan fingerprint density at radius 3 is 1.31 bits per heavy atom. The van der Waals surface area contributed by atoms with Gasteiger partial charge >= 0.3 is 18.0 Å². The maximum absolute atomic E-state index is 14.4. The summed E-state index contributed by atoms with van der Waals surface area (Å²) in [6, 6.07) is -0.209. The van der Waals surface area contributed by atoms with Crippen molar-refractivity contribution in [3.8, 4) is 0 Å². The molecule has 10 N–H and O–H groups in total. The molecule has 0 aliphatic carbocycles. The van der Waals surface area contributed by atoms with Crippen LogP contribution in [0.4, 0.5) is 4.79 Å². The average molecular weight is 1150 g/mol. The van der Waals surface area contributed by atoms with Crippen LogP contribution in [0.25, 0.3) is 0 Å². The van der Waals surface area contributed by atoms with E-state index in [-0.39, 0.29) is 5.56 Å². The predicted molar refractivity (Wildman–Crippen MR) is 300 cm³/mol. The molecule has 0 heterocycles. The zero-order valence-electron chi connectivity index (χ0n) is 51.0. The molecule has 0 fully saturated rings. The lowest BCUT2D eigenvalue weighted by Gasteiger charge is -2.34. The minimum absolute atomic E-state index is 0.117. The van der Waals surface area contributed by atoms with Gasteiger partial charge in [-0.3, -0.25) is 43.2 Å². The summed E-state index contributed by atoms with van der Waals surface area (Å²) < 4.78 is 15.6. The van der Waals surface area contributed by atoms with Gasteiger partial charge in [0, 0.05) is 0 Å². The molecule has 0 radical (unpaired) electrons. The molecule has 81 heavy (non-hydrogen) atoms. The van der Waals surface area contributed by atoms with Gasteiger partial charge in [-0.25, -0.2) is 14.4 Å². The Hall–Kier alpha value is -7.34. The lowest BCUT2D eigenvalue weighted by atomic mass is 9.94. The second-order valence-corrected chi connectivity index (χ2v) is 23.6. The highest BCUT2D eigenvalue weighted by Gasteiger charge is 2.42. The van der Waals surface area contributed by atoms with Crippen molar-refractivity contribution >= 4 is 71.2 Å². The molecule has 1 aromatic rings. The van der Waals surface area contributed by atoms with Crippen molar-refractivity contribution < 1.29 is 71.7 Å². The number of hydrogen-bond donors (Lipinski definition) is 10. The van der Waals surface area contributed by atoms with Crippen LogP contribution in [0.15, 0.2) is 30.3 Å². The monoisotopic (exact) mass is 1140 g/mol. The van der Waals surface area contributed by atoms with E-state index in [4.69, 9.17) is 14.2 Å². The van der Waals surface area contributed by atoms with Crippen LogP contribution in [-0.2, 0) is 62.2 Å². The largest absolute Gasteiger partial charge is 0.467 e. The Morgan fingerprint density at radius 1 is 0.481 bits per heavy atom. The summed E-state index contributed by atoms with van der Waals surface area (Å²) in [5.74, 6) is -10.9. The van der Waals surface area contributed by atoms with Gasteiger partial charge in [0.15, 0.2) is 0 Å². The van der Waals surface area contributed by atoms with E-state index in [9.17, 15) is 57.5 Å². The second-order valence-electron chi connectivity index (χ2n) is 23.6. The van der Waals surface area contributed by atoms with Gasteiger partial charge in [-0.2, -0.15) is 0 Å². The van der Waals surface area contributed by atoms with Gasteiger partial charge in [-0.05, 0) is 112 Å². The number of rotatable bonds is 29. The molecule has 0 unspecified atom stereocenters. The van der Waals surface area contributed by atoms with Gasteiger partial charge < -0.3 is 67.4 Å². The van der Waals surface area contributed by atoms with Gasteiger partial charge in [-0.15, -0.1) is 0 Å². The molecule has 1 rings (SSSR count). The first kappa shape index (κ1) is 71.7. The summed E-state index contributed by atoms with van der Waals surface area (Å²) >= 11 is 0. The van der Waals surface area contributed by atoms with Gasteiger partial charge in [0.2, 0.25) is 53.2 Å². The van der Waals surface area contributed by atoms with Gasteiger partial charge in [0.25, 0.3) is 0 Å². The second kappa shape index (κ2) is 31.0. The molecular weight excluding hydrogens is 1050 g/mol. The number of ether oxygens (including phenoxy) is 3. The van der Waals surface area contributed by atoms with Crippen molar-refractivity contribution in [2.45, 2.75) is 209 Å². The maximum Gasteiger partial charge on any atom is 0.408 e. The molecule has 456 valence electrons. The van der Waals surface area contributed by atoms with Crippen LogP contribution in [0, 0.1) is 23.7 Å². The van der Waals surface area contributed by atoms with Gasteiger partial charge in [0.05, 0.1) is 12.7 Å². The van der Waals surface area contributed by atoms with E-state index in [2.05, 4.69) is 53.2 Å². The number of esters is 2. The molecule has 0 aromatic heterocycles. The standard InChI is InChI=1S/C56H92N10O15/c1-21-31(7)39(62-49(75)54(14,15)64-45(71)37(29(3)4)59-36(67)28-57-52(78)81-53(11,12)13)43(69)58-33(9)42(68)61-41(34(10)80-48(74)35-26-24-23-25-27-35)47(73)65-55(16,17)50(76)63-40(32(8)22-2)44(70)60-38(30(5)6)46(72)66-56(18,19)51(77)79-20/h23-27,29-34,37-41H,21-22,28H2,1-20H3,(H,57,78)(H,58,69)(H,59,67)(H,60,70)(H,61,68)(H,62,75)(H,63,76)(H,64,71)(H,65,73)(H,66,72)/t31-,32-,33-,34+,37-,38-,39-,40-,41-/m0/s1. The quantitative estimate of drug-likeness (QED) is 0.0405. The number of nitrogens with one attached hydrogen (secondary N) is 10. The molecule has 0 bridgehead atoms. The maximum atomic E-state index is 14.4. The third-order valence-electron chi connectivity index (χ3n) is 13.1. The van der Waals surface area contributed by atoms with E-state index in [1.807, 2.05) is 0 Å². The summed E-state index contributed by atoms with van der Waals surface area (Å²) in [7, 11) is 1.17. The number of alkyl carbamates (subject to hydrolysis) is 1. The van der Waals surface area contributed by atoms with E-state index in [0.717, 1.165) is 0 Å². The van der Waals surface area contributed by atoms with Gasteiger partial charge in [0.1, 0.15) is 71.1 Å². The molecule has 25 heteroatoms. The normalized spacial score (nSPS) is 15.2. The van der Waals surface area contributed by atoms with Crippen molar-refractivity contribution in [1.82, 2.24) is 53.2 Å². The first-order valence-electron chi connectivity index (χ1n) is 27.3. The lowest BCUT2D eigenvalue weighted by molar-refractivity contribution is -0.150. The lowest BCUT2D eigenvalue weighted by Crippen LogP contribution is -2.66. The van der Waals surface area contributed by atoms with Crippen molar-refractivity contribution in [3.05, 3.63) is 35.9 Å². The topological polar surface area (TPSA) is 353 Å². The zero-order chi connectivity index (χ0) is 62.7. The van der Waals surface area contributed by atoms with Crippen molar-refractivity contribution in [1.29, 1.82) is 0 Å². The molecule has 9 atom stereocenters. The Kier molecular flexibility index (Phi) is 27.5. The summed E-state index contributed by atoms with van der Waals surface area (Å²) in [5, 5.41) is 25.8. The van der Waals surface area contributed by atoms with Gasteiger partial charge in [-0.1, -0.05) is 86.4 Å². The first-order chi connectivity index (χ1) is 37.2. The third-order valence-corrected chi connectivity index (χ3v) is 13.1. The predicted octanol–water partition coefficient (Wildman–Crippen LogP) is 1.95. The van der Waals surface area contributed by atoms with Crippen LogP contribution in [0.5, 0.6) is 0 Å². The smallest absolute Gasteiger partial charge is 0.408 e. The van der Waals surface area contributed by atoms with E-state index < -0.39 is 166 Å². The number of hydrogen-bond acceptors (Lipinski definition) is 15. The average Bonchev–Trinajstić information content (AvgIpc) is 3.36. The number of amides is 10. The number of carbonyl (C=O) groups is 12. The van der Waals surface area contributed by atoms with Crippen molar-refractivity contribution in [3.63, 3.8) is 0 Å². The molecule has 25 nitrogen and oxygen atoms in total. The fourth-order valence-electron chi connectivity index (χ4n) is 7.55. The Labute approximate surface area is 476 Å². The molecule has 0 aliphatic heterocycles.